The lowest BCUT2D eigenvalue weighted by Gasteiger charge is -2.40. The van der Waals surface area contributed by atoms with E-state index in [4.69, 9.17) is 5.11 Å². The predicted molar refractivity (Wildman–Crippen MR) is 50.8 cm³/mol. The Labute approximate surface area is 79.1 Å². The highest BCUT2D eigenvalue weighted by molar-refractivity contribution is 5.72. The van der Waals surface area contributed by atoms with E-state index in [-0.39, 0.29) is 6.04 Å². The first-order valence-corrected chi connectivity index (χ1v) is 4.69. The molecule has 1 rings (SSSR count). The van der Waals surface area contributed by atoms with Crippen LogP contribution in [0.5, 0.6) is 0 Å². The van der Waals surface area contributed by atoms with Gasteiger partial charge in [-0.3, -0.25) is 9.69 Å². The zero-order chi connectivity index (χ0) is 10.0. The number of rotatable bonds is 2. The molecule has 1 fully saturated rings. The van der Waals surface area contributed by atoms with E-state index in [1.165, 1.54) is 0 Å². The molecule has 1 heterocycles. The number of nitrogens with zero attached hydrogens (tertiary/aromatic N) is 2. The maximum absolute atomic E-state index is 10.8. The quantitative estimate of drug-likeness (QED) is 0.664. The number of hydrogen-bond donors (Lipinski definition) is 1. The summed E-state index contributed by atoms with van der Waals surface area (Å²) in [7, 11) is 2.07. The fourth-order valence-electron chi connectivity index (χ4n) is 1.87. The number of aliphatic carboxylic acids is 1. The molecule has 0 bridgehead atoms. The Balaban J connectivity index is 2.55. The molecule has 1 aliphatic rings. The second kappa shape index (κ2) is 4.07. The van der Waals surface area contributed by atoms with Crippen molar-refractivity contribution in [1.29, 1.82) is 0 Å². The van der Waals surface area contributed by atoms with Gasteiger partial charge < -0.3 is 10.0 Å². The molecule has 0 aromatic carbocycles. The number of piperazine rings is 1. The summed E-state index contributed by atoms with van der Waals surface area (Å²) in [6.45, 7) is 6.60. The lowest BCUT2D eigenvalue weighted by molar-refractivity contribution is -0.144. The fraction of sp³-hybridized carbons (Fsp3) is 0.889. The molecule has 0 spiro atoms. The van der Waals surface area contributed by atoms with Gasteiger partial charge in [0.15, 0.2) is 0 Å². The van der Waals surface area contributed by atoms with Gasteiger partial charge in [-0.1, -0.05) is 0 Å². The highest BCUT2D eigenvalue weighted by Gasteiger charge is 2.28. The van der Waals surface area contributed by atoms with Crippen molar-refractivity contribution in [3.05, 3.63) is 0 Å². The van der Waals surface area contributed by atoms with Gasteiger partial charge in [0.1, 0.15) is 6.04 Å². The molecule has 4 nitrogen and oxygen atoms in total. The number of likely N-dealkylation sites (N-methyl/N-ethyl adjacent to an activating group) is 1. The Bertz CT molecular complexity index is 196. The van der Waals surface area contributed by atoms with E-state index in [1.807, 2.05) is 4.90 Å². The largest absolute Gasteiger partial charge is 0.480 e. The maximum Gasteiger partial charge on any atom is 0.320 e. The van der Waals surface area contributed by atoms with Crippen LogP contribution in [0.4, 0.5) is 0 Å². The topological polar surface area (TPSA) is 43.8 Å². The first-order chi connectivity index (χ1) is 6.02. The minimum Gasteiger partial charge on any atom is -0.480 e. The Hall–Kier alpha value is -0.610. The second-order valence-corrected chi connectivity index (χ2v) is 3.86. The third kappa shape index (κ3) is 2.42. The summed E-state index contributed by atoms with van der Waals surface area (Å²) in [5.41, 5.74) is 0. The number of carboxylic acid groups (broad SMARTS) is 1. The summed E-state index contributed by atoms with van der Waals surface area (Å²) in [4.78, 5) is 15.0. The molecule has 2 atom stereocenters. The van der Waals surface area contributed by atoms with Crippen LogP contribution in [-0.2, 0) is 4.79 Å². The Kier molecular flexibility index (Phi) is 3.27. The van der Waals surface area contributed by atoms with Crippen molar-refractivity contribution in [2.45, 2.75) is 25.9 Å². The normalized spacial score (nSPS) is 28.7. The molecular weight excluding hydrogens is 168 g/mol. The predicted octanol–water partition coefficient (Wildman–Crippen LogP) is 0.0954. The van der Waals surface area contributed by atoms with E-state index < -0.39 is 5.97 Å². The minimum atomic E-state index is -0.726. The molecule has 0 saturated carbocycles. The second-order valence-electron chi connectivity index (χ2n) is 3.86. The molecule has 4 heteroatoms. The standard InChI is InChI=1S/C9H18N2O2/c1-7-6-10(3)4-5-11(7)8(2)9(12)13/h7-8H,4-6H2,1-3H3,(H,12,13). The van der Waals surface area contributed by atoms with Crippen LogP contribution in [0.1, 0.15) is 13.8 Å². The highest BCUT2D eigenvalue weighted by Crippen LogP contribution is 2.11. The molecular formula is C9H18N2O2. The van der Waals surface area contributed by atoms with Crippen LogP contribution >= 0.6 is 0 Å². The zero-order valence-corrected chi connectivity index (χ0v) is 8.53. The minimum absolute atomic E-state index is 0.338. The number of hydrogen-bond acceptors (Lipinski definition) is 3. The monoisotopic (exact) mass is 186 g/mol. The summed E-state index contributed by atoms with van der Waals surface area (Å²) < 4.78 is 0. The van der Waals surface area contributed by atoms with Gasteiger partial charge in [0, 0.05) is 25.7 Å². The SMILES string of the molecule is CC1CN(C)CCN1C(C)C(=O)O. The molecule has 0 amide bonds. The molecule has 76 valence electrons. The molecule has 1 aliphatic heterocycles. The van der Waals surface area contributed by atoms with Crippen LogP contribution in [-0.4, -0.2) is 59.6 Å². The molecule has 0 radical (unpaired) electrons. The van der Waals surface area contributed by atoms with E-state index in [9.17, 15) is 4.79 Å². The van der Waals surface area contributed by atoms with Gasteiger partial charge in [0.25, 0.3) is 0 Å². The first-order valence-electron chi connectivity index (χ1n) is 4.69. The van der Waals surface area contributed by atoms with Gasteiger partial charge in [-0.05, 0) is 20.9 Å². The number of carbonyl (C=O) groups is 1. The molecule has 0 aliphatic carbocycles. The molecule has 2 unspecified atom stereocenters. The Morgan fingerprint density at radius 2 is 2.15 bits per heavy atom. The first kappa shape index (κ1) is 10.5. The highest BCUT2D eigenvalue weighted by atomic mass is 16.4. The lowest BCUT2D eigenvalue weighted by atomic mass is 10.1. The van der Waals surface area contributed by atoms with Crippen LogP contribution in [0.25, 0.3) is 0 Å². The van der Waals surface area contributed by atoms with Gasteiger partial charge in [-0.2, -0.15) is 0 Å². The van der Waals surface area contributed by atoms with Crippen LogP contribution in [0, 0.1) is 0 Å². The Morgan fingerprint density at radius 3 is 2.62 bits per heavy atom. The fourth-order valence-corrected chi connectivity index (χ4v) is 1.87. The van der Waals surface area contributed by atoms with Crippen molar-refractivity contribution in [2.24, 2.45) is 0 Å². The van der Waals surface area contributed by atoms with E-state index in [2.05, 4.69) is 18.9 Å². The molecule has 0 aromatic rings. The van der Waals surface area contributed by atoms with Crippen LogP contribution in [0.15, 0.2) is 0 Å². The van der Waals surface area contributed by atoms with Crippen LogP contribution in [0.2, 0.25) is 0 Å². The molecule has 0 aromatic heterocycles. The lowest BCUT2D eigenvalue weighted by Crippen LogP contribution is -2.55. The van der Waals surface area contributed by atoms with E-state index in [0.29, 0.717) is 6.04 Å². The van der Waals surface area contributed by atoms with Gasteiger partial charge >= 0.3 is 5.97 Å². The van der Waals surface area contributed by atoms with E-state index in [1.54, 1.807) is 6.92 Å². The molecule has 1 N–H and O–H groups in total. The van der Waals surface area contributed by atoms with Gasteiger partial charge in [0.2, 0.25) is 0 Å². The summed E-state index contributed by atoms with van der Waals surface area (Å²) in [5, 5.41) is 8.86. The maximum atomic E-state index is 10.8. The third-order valence-corrected chi connectivity index (χ3v) is 2.74. The Morgan fingerprint density at radius 1 is 1.54 bits per heavy atom. The zero-order valence-electron chi connectivity index (χ0n) is 8.53. The smallest absolute Gasteiger partial charge is 0.320 e. The average molecular weight is 186 g/mol. The van der Waals surface area contributed by atoms with Crippen LogP contribution < -0.4 is 0 Å². The summed E-state index contributed by atoms with van der Waals surface area (Å²) in [5.74, 6) is -0.726. The molecule has 1 saturated heterocycles. The van der Waals surface area contributed by atoms with Gasteiger partial charge in [0.05, 0.1) is 0 Å². The van der Waals surface area contributed by atoms with Crippen molar-refractivity contribution in [3.8, 4) is 0 Å². The van der Waals surface area contributed by atoms with Crippen molar-refractivity contribution in [3.63, 3.8) is 0 Å². The summed E-state index contributed by atoms with van der Waals surface area (Å²) in [6.07, 6.45) is 0. The summed E-state index contributed by atoms with van der Waals surface area (Å²) in [6, 6.07) is -0.0199. The van der Waals surface area contributed by atoms with Crippen molar-refractivity contribution in [2.75, 3.05) is 26.7 Å². The van der Waals surface area contributed by atoms with Gasteiger partial charge in [-0.15, -0.1) is 0 Å². The van der Waals surface area contributed by atoms with Gasteiger partial charge in [-0.25, -0.2) is 0 Å². The van der Waals surface area contributed by atoms with Crippen molar-refractivity contribution < 1.29 is 9.90 Å². The van der Waals surface area contributed by atoms with Crippen molar-refractivity contribution >= 4 is 5.97 Å². The van der Waals surface area contributed by atoms with Crippen molar-refractivity contribution in [1.82, 2.24) is 9.80 Å². The summed E-state index contributed by atoms with van der Waals surface area (Å²) >= 11 is 0. The van der Waals surface area contributed by atoms with Crippen LogP contribution in [0.3, 0.4) is 0 Å². The third-order valence-electron chi connectivity index (χ3n) is 2.74. The average Bonchev–Trinajstić information content (AvgIpc) is 2.03. The molecule has 13 heavy (non-hydrogen) atoms. The number of carboxylic acids is 1. The van der Waals surface area contributed by atoms with E-state index >= 15 is 0 Å². The van der Waals surface area contributed by atoms with E-state index in [0.717, 1.165) is 19.6 Å².